The number of anilines is 1. The van der Waals surface area contributed by atoms with E-state index in [-0.39, 0.29) is 5.91 Å². The predicted octanol–water partition coefficient (Wildman–Crippen LogP) is 4.18. The van der Waals surface area contributed by atoms with Gasteiger partial charge in [0.15, 0.2) is 0 Å². The van der Waals surface area contributed by atoms with Crippen LogP contribution in [0.5, 0.6) is 0 Å². The summed E-state index contributed by atoms with van der Waals surface area (Å²) in [6.07, 6.45) is 0.522. The number of carbonyl (C=O) groups is 1. The standard InChI is InChI=1S/C13H10BrNOS2/c1-15-11-3-2-10(4-8(11)5-12(15)16)18-13-6-9(14)7-17-13/h2-4,6-7H,5H2,1H3. The second-order valence-corrected chi connectivity index (χ2v) is 7.31. The molecule has 2 aromatic rings. The highest BCUT2D eigenvalue weighted by Gasteiger charge is 2.23. The van der Waals surface area contributed by atoms with Gasteiger partial charge in [0.1, 0.15) is 0 Å². The first-order valence-corrected chi connectivity index (χ1v) is 7.94. The molecule has 0 atom stereocenters. The van der Waals surface area contributed by atoms with Crippen LogP contribution in [0.3, 0.4) is 0 Å². The van der Waals surface area contributed by atoms with E-state index in [2.05, 4.69) is 39.5 Å². The third-order valence-corrected chi connectivity index (χ3v) is 5.72. The SMILES string of the molecule is CN1C(=O)Cc2cc(Sc3cc(Br)cs3)ccc21. The molecule has 2 nitrogen and oxygen atoms in total. The van der Waals surface area contributed by atoms with E-state index in [0.717, 1.165) is 15.7 Å². The summed E-state index contributed by atoms with van der Waals surface area (Å²) < 4.78 is 2.37. The summed E-state index contributed by atoms with van der Waals surface area (Å²) in [7, 11) is 1.83. The fourth-order valence-electron chi connectivity index (χ4n) is 1.97. The lowest BCUT2D eigenvalue weighted by Gasteiger charge is -2.10. The maximum absolute atomic E-state index is 11.6. The van der Waals surface area contributed by atoms with Gasteiger partial charge in [-0.1, -0.05) is 11.8 Å². The molecule has 1 aromatic heterocycles. The maximum atomic E-state index is 11.6. The van der Waals surface area contributed by atoms with Crippen molar-refractivity contribution in [1.29, 1.82) is 0 Å². The molecule has 1 aliphatic heterocycles. The Balaban J connectivity index is 1.88. The Morgan fingerprint density at radius 3 is 2.94 bits per heavy atom. The average molecular weight is 340 g/mol. The molecule has 0 N–H and O–H groups in total. The Morgan fingerprint density at radius 1 is 1.39 bits per heavy atom. The van der Waals surface area contributed by atoms with Crippen LogP contribution >= 0.6 is 39.0 Å². The second-order valence-electron chi connectivity index (χ2n) is 4.11. The molecule has 1 aromatic carbocycles. The third kappa shape index (κ3) is 2.22. The lowest BCUT2D eigenvalue weighted by atomic mass is 10.2. The van der Waals surface area contributed by atoms with E-state index < -0.39 is 0 Å². The van der Waals surface area contributed by atoms with Crippen molar-refractivity contribution in [2.75, 3.05) is 11.9 Å². The average Bonchev–Trinajstić information content (AvgIpc) is 2.85. The molecule has 0 spiro atoms. The molecule has 1 aliphatic rings. The first-order chi connectivity index (χ1) is 8.63. The number of likely N-dealkylation sites (N-methyl/N-ethyl adjacent to an activating group) is 1. The molecule has 92 valence electrons. The van der Waals surface area contributed by atoms with E-state index in [9.17, 15) is 4.79 Å². The normalized spacial score (nSPS) is 14.1. The number of halogens is 1. The van der Waals surface area contributed by atoms with Crippen molar-refractivity contribution >= 4 is 50.6 Å². The van der Waals surface area contributed by atoms with Crippen LogP contribution in [0.1, 0.15) is 5.56 Å². The molecule has 0 fully saturated rings. The summed E-state index contributed by atoms with van der Waals surface area (Å²) in [5.41, 5.74) is 2.17. The van der Waals surface area contributed by atoms with E-state index >= 15 is 0 Å². The van der Waals surface area contributed by atoms with Crippen LogP contribution in [0.25, 0.3) is 0 Å². The van der Waals surface area contributed by atoms with E-state index in [0.29, 0.717) is 6.42 Å². The van der Waals surface area contributed by atoms with E-state index in [1.807, 2.05) is 13.1 Å². The van der Waals surface area contributed by atoms with Gasteiger partial charge >= 0.3 is 0 Å². The van der Waals surface area contributed by atoms with Crippen LogP contribution in [-0.2, 0) is 11.2 Å². The van der Waals surface area contributed by atoms with Crippen LogP contribution in [0, 0.1) is 0 Å². The molecule has 0 aliphatic carbocycles. The lowest BCUT2D eigenvalue weighted by molar-refractivity contribution is -0.117. The first-order valence-electron chi connectivity index (χ1n) is 5.45. The smallest absolute Gasteiger partial charge is 0.231 e. The quantitative estimate of drug-likeness (QED) is 0.817. The van der Waals surface area contributed by atoms with Crippen LogP contribution in [0.4, 0.5) is 5.69 Å². The summed E-state index contributed by atoms with van der Waals surface area (Å²) in [4.78, 5) is 14.5. The van der Waals surface area contributed by atoms with E-state index in [1.54, 1.807) is 28.0 Å². The van der Waals surface area contributed by atoms with Crippen LogP contribution in [0.15, 0.2) is 43.2 Å². The summed E-state index contributed by atoms with van der Waals surface area (Å²) in [6.45, 7) is 0. The van der Waals surface area contributed by atoms with Crippen molar-refractivity contribution in [3.63, 3.8) is 0 Å². The number of fused-ring (bicyclic) bond motifs is 1. The number of rotatable bonds is 2. The molecule has 5 heteroatoms. The van der Waals surface area contributed by atoms with Crippen LogP contribution < -0.4 is 4.90 Å². The summed E-state index contributed by atoms with van der Waals surface area (Å²) in [6, 6.07) is 8.34. The molecular formula is C13H10BrNOS2. The highest BCUT2D eigenvalue weighted by atomic mass is 79.9. The lowest BCUT2D eigenvalue weighted by Crippen LogP contribution is -2.20. The molecule has 0 saturated heterocycles. The fraction of sp³-hybridized carbons (Fsp3) is 0.154. The number of thiophene rings is 1. The molecule has 0 unspecified atom stereocenters. The first kappa shape index (κ1) is 12.3. The second kappa shape index (κ2) is 4.72. The van der Waals surface area contributed by atoms with Gasteiger partial charge in [0.25, 0.3) is 0 Å². The Kier molecular flexibility index (Phi) is 3.21. The highest BCUT2D eigenvalue weighted by molar-refractivity contribution is 9.10. The minimum absolute atomic E-state index is 0.172. The number of amides is 1. The zero-order valence-corrected chi connectivity index (χ0v) is 12.9. The molecule has 0 saturated carbocycles. The molecule has 0 bridgehead atoms. The van der Waals surface area contributed by atoms with Crippen molar-refractivity contribution in [2.45, 2.75) is 15.5 Å². The Morgan fingerprint density at radius 2 is 2.22 bits per heavy atom. The van der Waals surface area contributed by atoms with Crippen LogP contribution in [-0.4, -0.2) is 13.0 Å². The van der Waals surface area contributed by atoms with Gasteiger partial charge < -0.3 is 4.90 Å². The topological polar surface area (TPSA) is 20.3 Å². The van der Waals surface area contributed by atoms with Gasteiger partial charge in [0.2, 0.25) is 5.91 Å². The highest BCUT2D eigenvalue weighted by Crippen LogP contribution is 2.37. The van der Waals surface area contributed by atoms with Gasteiger partial charge in [-0.05, 0) is 45.8 Å². The van der Waals surface area contributed by atoms with E-state index in [1.165, 1.54) is 9.10 Å². The van der Waals surface area contributed by atoms with Crippen molar-refractivity contribution in [1.82, 2.24) is 0 Å². The predicted molar refractivity (Wildman–Crippen MR) is 79.7 cm³/mol. The van der Waals surface area contributed by atoms with Gasteiger partial charge in [-0.2, -0.15) is 0 Å². The summed E-state index contributed by atoms with van der Waals surface area (Å²) >= 11 is 6.91. The molecule has 18 heavy (non-hydrogen) atoms. The number of hydrogen-bond acceptors (Lipinski definition) is 3. The van der Waals surface area contributed by atoms with E-state index in [4.69, 9.17) is 0 Å². The van der Waals surface area contributed by atoms with Crippen molar-refractivity contribution in [3.8, 4) is 0 Å². The molecule has 2 heterocycles. The zero-order valence-electron chi connectivity index (χ0n) is 9.64. The van der Waals surface area contributed by atoms with Gasteiger partial charge in [-0.3, -0.25) is 4.79 Å². The molecular weight excluding hydrogens is 330 g/mol. The third-order valence-electron chi connectivity index (χ3n) is 2.89. The largest absolute Gasteiger partial charge is 0.315 e. The monoisotopic (exact) mass is 339 g/mol. The fourth-order valence-corrected chi connectivity index (χ4v) is 4.66. The zero-order chi connectivity index (χ0) is 12.7. The summed E-state index contributed by atoms with van der Waals surface area (Å²) in [5.74, 6) is 0.172. The van der Waals surface area contributed by atoms with Crippen molar-refractivity contribution < 1.29 is 4.79 Å². The summed E-state index contributed by atoms with van der Waals surface area (Å²) in [5, 5.41) is 2.08. The van der Waals surface area contributed by atoms with Gasteiger partial charge in [-0.15, -0.1) is 11.3 Å². The van der Waals surface area contributed by atoms with Gasteiger partial charge in [-0.25, -0.2) is 0 Å². The number of benzene rings is 1. The molecule has 3 rings (SSSR count). The number of hydrogen-bond donors (Lipinski definition) is 0. The minimum atomic E-state index is 0.172. The molecule has 1 amide bonds. The van der Waals surface area contributed by atoms with Crippen molar-refractivity contribution in [2.24, 2.45) is 0 Å². The molecule has 0 radical (unpaired) electrons. The number of nitrogens with zero attached hydrogens (tertiary/aromatic N) is 1. The van der Waals surface area contributed by atoms with Crippen LogP contribution in [0.2, 0.25) is 0 Å². The van der Waals surface area contributed by atoms with Crippen molar-refractivity contribution in [3.05, 3.63) is 39.7 Å². The minimum Gasteiger partial charge on any atom is -0.315 e. The Hall–Kier alpha value is -0.780. The van der Waals surface area contributed by atoms with Gasteiger partial charge in [0.05, 0.1) is 10.6 Å². The Labute approximate surface area is 122 Å². The Bertz CT molecular complexity index is 623. The van der Waals surface area contributed by atoms with Gasteiger partial charge in [0, 0.05) is 27.5 Å². The maximum Gasteiger partial charge on any atom is 0.231 e. The number of carbonyl (C=O) groups excluding carboxylic acids is 1.